The molecule has 1 rings (SSSR count). The van der Waals surface area contributed by atoms with Crippen LogP contribution in [0.2, 0.25) is 0 Å². The summed E-state index contributed by atoms with van der Waals surface area (Å²) in [5, 5.41) is 12.3. The number of aromatic nitrogens is 2. The van der Waals surface area contributed by atoms with E-state index in [0.29, 0.717) is 18.5 Å². The number of carbonyl (C=O) groups excluding carboxylic acids is 2. The SMILES string of the molecule is CCCc1cc(C(=O)NC(C)(C)CCC(=O)NC)n[nH]1. The number of amides is 2. The average molecular weight is 280 g/mol. The molecule has 0 fully saturated rings. The monoisotopic (exact) mass is 280 g/mol. The molecule has 3 N–H and O–H groups in total. The molecule has 6 nitrogen and oxygen atoms in total. The Hall–Kier alpha value is -1.85. The Labute approximate surface area is 119 Å². The lowest BCUT2D eigenvalue weighted by Crippen LogP contribution is -2.44. The molecule has 0 aliphatic rings. The molecule has 0 spiro atoms. The highest BCUT2D eigenvalue weighted by molar-refractivity contribution is 5.92. The maximum atomic E-state index is 12.1. The van der Waals surface area contributed by atoms with E-state index in [4.69, 9.17) is 0 Å². The Morgan fingerprint density at radius 3 is 2.70 bits per heavy atom. The Kier molecular flexibility index (Phi) is 5.73. The molecule has 0 saturated carbocycles. The fraction of sp³-hybridized carbons (Fsp3) is 0.643. The van der Waals surface area contributed by atoms with Gasteiger partial charge in [0.2, 0.25) is 5.91 Å². The lowest BCUT2D eigenvalue weighted by Gasteiger charge is -2.25. The number of rotatable bonds is 7. The molecular formula is C14H24N4O2. The minimum atomic E-state index is -0.451. The Morgan fingerprint density at radius 1 is 1.40 bits per heavy atom. The smallest absolute Gasteiger partial charge is 0.272 e. The molecule has 0 bridgehead atoms. The molecule has 0 saturated heterocycles. The van der Waals surface area contributed by atoms with Crippen molar-refractivity contribution in [1.29, 1.82) is 0 Å². The van der Waals surface area contributed by atoms with Crippen molar-refractivity contribution >= 4 is 11.8 Å². The van der Waals surface area contributed by atoms with Crippen molar-refractivity contribution < 1.29 is 9.59 Å². The lowest BCUT2D eigenvalue weighted by atomic mass is 9.98. The van der Waals surface area contributed by atoms with Gasteiger partial charge in [0.1, 0.15) is 5.69 Å². The van der Waals surface area contributed by atoms with Gasteiger partial charge in [-0.05, 0) is 32.8 Å². The molecule has 0 unspecified atom stereocenters. The van der Waals surface area contributed by atoms with Crippen LogP contribution in [0, 0.1) is 0 Å². The molecule has 112 valence electrons. The van der Waals surface area contributed by atoms with Crippen LogP contribution < -0.4 is 10.6 Å². The van der Waals surface area contributed by atoms with Gasteiger partial charge in [0, 0.05) is 24.7 Å². The molecule has 0 atom stereocenters. The molecule has 2 amide bonds. The van der Waals surface area contributed by atoms with E-state index < -0.39 is 5.54 Å². The summed E-state index contributed by atoms with van der Waals surface area (Å²) in [6.45, 7) is 5.86. The zero-order valence-corrected chi connectivity index (χ0v) is 12.7. The van der Waals surface area contributed by atoms with Gasteiger partial charge in [-0.25, -0.2) is 0 Å². The second kappa shape index (κ2) is 7.07. The van der Waals surface area contributed by atoms with E-state index in [1.165, 1.54) is 0 Å². The first-order valence-corrected chi connectivity index (χ1v) is 6.95. The number of aromatic amines is 1. The maximum Gasteiger partial charge on any atom is 0.272 e. The third kappa shape index (κ3) is 5.03. The fourth-order valence-corrected chi connectivity index (χ4v) is 1.86. The van der Waals surface area contributed by atoms with Crippen molar-refractivity contribution in [3.05, 3.63) is 17.5 Å². The van der Waals surface area contributed by atoms with Crippen LogP contribution in [0.15, 0.2) is 6.07 Å². The predicted octanol–water partition coefficient (Wildman–Crippen LogP) is 1.40. The standard InChI is InChI=1S/C14H24N4O2/c1-5-6-10-9-11(18-17-10)13(20)16-14(2,3)8-7-12(19)15-4/h9H,5-8H2,1-4H3,(H,15,19)(H,16,20)(H,17,18). The molecular weight excluding hydrogens is 256 g/mol. The van der Waals surface area contributed by atoms with Gasteiger partial charge in [0.15, 0.2) is 0 Å². The lowest BCUT2D eigenvalue weighted by molar-refractivity contribution is -0.121. The van der Waals surface area contributed by atoms with Crippen LogP contribution in [-0.2, 0) is 11.2 Å². The van der Waals surface area contributed by atoms with E-state index in [9.17, 15) is 9.59 Å². The highest BCUT2D eigenvalue weighted by Gasteiger charge is 2.23. The van der Waals surface area contributed by atoms with E-state index in [2.05, 4.69) is 27.8 Å². The van der Waals surface area contributed by atoms with E-state index in [1.807, 2.05) is 13.8 Å². The molecule has 6 heteroatoms. The van der Waals surface area contributed by atoms with Crippen molar-refractivity contribution in [1.82, 2.24) is 20.8 Å². The van der Waals surface area contributed by atoms with Crippen molar-refractivity contribution in [2.75, 3.05) is 7.05 Å². The minimum absolute atomic E-state index is 0.0303. The Morgan fingerprint density at radius 2 is 2.10 bits per heavy atom. The van der Waals surface area contributed by atoms with Gasteiger partial charge in [0.25, 0.3) is 5.91 Å². The zero-order chi connectivity index (χ0) is 15.2. The van der Waals surface area contributed by atoms with Crippen LogP contribution in [0.25, 0.3) is 0 Å². The van der Waals surface area contributed by atoms with Gasteiger partial charge in [0.05, 0.1) is 0 Å². The second-order valence-electron chi connectivity index (χ2n) is 5.54. The summed E-state index contributed by atoms with van der Waals surface area (Å²) in [5.74, 6) is -0.247. The van der Waals surface area contributed by atoms with Crippen molar-refractivity contribution in [2.24, 2.45) is 0 Å². The maximum absolute atomic E-state index is 12.1. The normalized spacial score (nSPS) is 11.2. The molecule has 0 aromatic carbocycles. The summed E-state index contributed by atoms with van der Waals surface area (Å²) in [4.78, 5) is 23.3. The van der Waals surface area contributed by atoms with Gasteiger partial charge < -0.3 is 10.6 Å². The van der Waals surface area contributed by atoms with Crippen LogP contribution in [0.1, 0.15) is 56.2 Å². The van der Waals surface area contributed by atoms with Crippen LogP contribution in [0.3, 0.4) is 0 Å². The second-order valence-corrected chi connectivity index (χ2v) is 5.54. The largest absolute Gasteiger partial charge is 0.359 e. The number of hydrogen-bond acceptors (Lipinski definition) is 3. The number of nitrogens with zero attached hydrogens (tertiary/aromatic N) is 1. The van der Waals surface area contributed by atoms with E-state index in [0.717, 1.165) is 18.5 Å². The number of H-pyrrole nitrogens is 1. The van der Waals surface area contributed by atoms with Gasteiger partial charge >= 0.3 is 0 Å². The molecule has 1 aromatic heterocycles. The number of nitrogens with one attached hydrogen (secondary N) is 3. The molecule has 0 radical (unpaired) electrons. The van der Waals surface area contributed by atoms with Crippen LogP contribution >= 0.6 is 0 Å². The van der Waals surface area contributed by atoms with E-state index in [1.54, 1.807) is 13.1 Å². The number of aryl methyl sites for hydroxylation is 1. The summed E-state index contributed by atoms with van der Waals surface area (Å²) in [6, 6.07) is 1.77. The first-order valence-electron chi connectivity index (χ1n) is 6.95. The Balaban J connectivity index is 2.56. The van der Waals surface area contributed by atoms with Crippen LogP contribution in [0.4, 0.5) is 0 Å². The van der Waals surface area contributed by atoms with Gasteiger partial charge in [-0.15, -0.1) is 0 Å². The summed E-state index contributed by atoms with van der Waals surface area (Å²) < 4.78 is 0. The number of hydrogen-bond donors (Lipinski definition) is 3. The first kappa shape index (κ1) is 16.2. The third-order valence-electron chi connectivity index (χ3n) is 3.09. The van der Waals surface area contributed by atoms with Gasteiger partial charge in [-0.1, -0.05) is 13.3 Å². The topological polar surface area (TPSA) is 86.9 Å². The quantitative estimate of drug-likeness (QED) is 0.705. The third-order valence-corrected chi connectivity index (χ3v) is 3.09. The summed E-state index contributed by atoms with van der Waals surface area (Å²) >= 11 is 0. The minimum Gasteiger partial charge on any atom is -0.359 e. The van der Waals surface area contributed by atoms with Crippen molar-refractivity contribution in [2.45, 2.75) is 52.0 Å². The number of carbonyl (C=O) groups is 2. The molecule has 0 aliphatic heterocycles. The van der Waals surface area contributed by atoms with E-state index in [-0.39, 0.29) is 11.8 Å². The molecule has 1 heterocycles. The van der Waals surface area contributed by atoms with E-state index >= 15 is 0 Å². The van der Waals surface area contributed by atoms with Crippen molar-refractivity contribution in [3.63, 3.8) is 0 Å². The zero-order valence-electron chi connectivity index (χ0n) is 12.7. The van der Waals surface area contributed by atoms with Gasteiger partial charge in [-0.3, -0.25) is 14.7 Å². The van der Waals surface area contributed by atoms with Crippen LogP contribution in [0.5, 0.6) is 0 Å². The predicted molar refractivity (Wildman–Crippen MR) is 77.4 cm³/mol. The summed E-state index contributed by atoms with van der Waals surface area (Å²) in [7, 11) is 1.60. The Bertz CT molecular complexity index is 465. The van der Waals surface area contributed by atoms with Gasteiger partial charge in [-0.2, -0.15) is 5.10 Å². The average Bonchev–Trinajstić information content (AvgIpc) is 2.85. The van der Waals surface area contributed by atoms with Crippen LogP contribution in [-0.4, -0.2) is 34.6 Å². The highest BCUT2D eigenvalue weighted by Crippen LogP contribution is 2.12. The summed E-state index contributed by atoms with van der Waals surface area (Å²) in [5.41, 5.74) is 0.898. The molecule has 20 heavy (non-hydrogen) atoms. The molecule has 1 aromatic rings. The first-order chi connectivity index (χ1) is 9.38. The van der Waals surface area contributed by atoms with Crippen molar-refractivity contribution in [3.8, 4) is 0 Å². The fourth-order valence-electron chi connectivity index (χ4n) is 1.86. The summed E-state index contributed by atoms with van der Waals surface area (Å²) in [6.07, 6.45) is 2.83. The highest BCUT2D eigenvalue weighted by atomic mass is 16.2. The molecule has 0 aliphatic carbocycles.